The molecule has 1 fully saturated rings. The highest BCUT2D eigenvalue weighted by Gasteiger charge is 2.39. The number of unbranched alkanes of at least 4 members (excludes halogenated alkanes) is 3. The summed E-state index contributed by atoms with van der Waals surface area (Å²) in [5.74, 6) is -1.11. The molecule has 0 aromatic rings. The monoisotopic (exact) mass is 591 g/mol. The molecule has 2 unspecified atom stereocenters. The Hall–Kier alpha value is -2.75. The molecule has 0 saturated heterocycles. The van der Waals surface area contributed by atoms with Crippen LogP contribution in [0.2, 0.25) is 0 Å². The number of allylic oxidation sites excluding steroid dienone is 3. The van der Waals surface area contributed by atoms with Gasteiger partial charge in [-0.1, -0.05) is 56.6 Å². The highest BCUT2D eigenvalue weighted by atomic mass is 16.5. The van der Waals surface area contributed by atoms with Crippen molar-refractivity contribution in [2.75, 3.05) is 13.2 Å². The highest BCUT2D eigenvalue weighted by molar-refractivity contribution is 5.75. The Morgan fingerprint density at radius 1 is 1.00 bits per heavy atom. The number of carbonyl (C=O) groups is 3. The van der Waals surface area contributed by atoms with Gasteiger partial charge in [-0.3, -0.25) is 14.4 Å². The minimum atomic E-state index is -0.620. The molecule has 1 aliphatic rings. The standard InChI is InChI=1S/C33H53NO8/c1-5-6-9-14-28(37)17-18-30-29(31(38)23-32(30)39)15-10-7-8-11-16-33(40)34-20-19-27(13-12-21-41-25(3)35)22-24(2)42-26(4)36/h7,10,12-13,17-18,22,24,28-32,37-39H,5-6,8-9,11,14-16,19-21,23H2,1-4H3,(H,34,40)/b10-7-,13-12-,18-17+,27-22+/t24?,28?,29-,30-,31+,32-/m1/s1. The molecule has 0 spiro atoms. The van der Waals surface area contributed by atoms with Crippen LogP contribution in [0.5, 0.6) is 0 Å². The van der Waals surface area contributed by atoms with Gasteiger partial charge in [0, 0.05) is 39.2 Å². The third kappa shape index (κ3) is 17.3. The Morgan fingerprint density at radius 2 is 1.76 bits per heavy atom. The predicted molar refractivity (Wildman–Crippen MR) is 163 cm³/mol. The van der Waals surface area contributed by atoms with Crippen molar-refractivity contribution in [3.05, 3.63) is 48.1 Å². The number of amides is 1. The van der Waals surface area contributed by atoms with E-state index in [0.29, 0.717) is 45.1 Å². The van der Waals surface area contributed by atoms with Gasteiger partial charge in [-0.05, 0) is 62.7 Å². The molecule has 9 heteroatoms. The lowest BCUT2D eigenvalue weighted by Crippen LogP contribution is -2.24. The van der Waals surface area contributed by atoms with Crippen LogP contribution in [0.15, 0.2) is 48.1 Å². The topological polar surface area (TPSA) is 142 Å². The van der Waals surface area contributed by atoms with E-state index in [0.717, 1.165) is 31.3 Å². The van der Waals surface area contributed by atoms with E-state index in [9.17, 15) is 29.7 Å². The second kappa shape index (κ2) is 21.9. The van der Waals surface area contributed by atoms with E-state index in [4.69, 9.17) is 9.47 Å². The maximum absolute atomic E-state index is 12.3. The first-order valence-corrected chi connectivity index (χ1v) is 15.3. The number of carbonyl (C=O) groups excluding carboxylic acids is 3. The molecule has 1 aliphatic carbocycles. The number of hydrogen-bond donors (Lipinski definition) is 4. The van der Waals surface area contributed by atoms with Crippen molar-refractivity contribution in [1.82, 2.24) is 5.32 Å². The van der Waals surface area contributed by atoms with Gasteiger partial charge in [-0.2, -0.15) is 0 Å². The molecule has 0 aliphatic heterocycles. The van der Waals surface area contributed by atoms with Gasteiger partial charge in [0.05, 0.1) is 18.3 Å². The molecule has 0 aromatic carbocycles. The van der Waals surface area contributed by atoms with E-state index in [-0.39, 0.29) is 36.3 Å². The molecule has 1 saturated carbocycles. The maximum Gasteiger partial charge on any atom is 0.303 e. The van der Waals surface area contributed by atoms with Gasteiger partial charge < -0.3 is 30.1 Å². The molecule has 0 bridgehead atoms. The summed E-state index contributed by atoms with van der Waals surface area (Å²) in [4.78, 5) is 34.5. The summed E-state index contributed by atoms with van der Waals surface area (Å²) in [7, 11) is 0. The van der Waals surface area contributed by atoms with Gasteiger partial charge in [0.25, 0.3) is 0 Å². The SMILES string of the molecule is CCCCCC(O)/C=C/[C@@H]1[C@@H](C/C=C\CCCC(=O)NCCC(/C=C\COC(C)=O)=C/C(C)OC(C)=O)[C@@H](O)C[C@H]1O. The summed E-state index contributed by atoms with van der Waals surface area (Å²) >= 11 is 0. The fraction of sp³-hybridized carbons (Fsp3) is 0.667. The van der Waals surface area contributed by atoms with Gasteiger partial charge >= 0.3 is 11.9 Å². The second-order valence-electron chi connectivity index (χ2n) is 11.0. The van der Waals surface area contributed by atoms with E-state index in [1.54, 1.807) is 31.2 Å². The van der Waals surface area contributed by atoms with Gasteiger partial charge in [0.1, 0.15) is 12.7 Å². The minimum Gasteiger partial charge on any atom is -0.462 e. The van der Waals surface area contributed by atoms with Gasteiger partial charge in [-0.15, -0.1) is 0 Å². The Morgan fingerprint density at radius 3 is 2.45 bits per heavy atom. The number of aliphatic hydroxyl groups is 3. The smallest absolute Gasteiger partial charge is 0.303 e. The van der Waals surface area contributed by atoms with Gasteiger partial charge in [-0.25, -0.2) is 0 Å². The van der Waals surface area contributed by atoms with Crippen molar-refractivity contribution < 1.29 is 39.2 Å². The van der Waals surface area contributed by atoms with Crippen LogP contribution in [0.1, 0.15) is 91.9 Å². The first-order chi connectivity index (χ1) is 20.0. The third-order valence-electron chi connectivity index (χ3n) is 7.18. The fourth-order valence-corrected chi connectivity index (χ4v) is 5.03. The molecule has 6 atom stereocenters. The quantitative estimate of drug-likeness (QED) is 0.0704. The summed E-state index contributed by atoms with van der Waals surface area (Å²) in [6.07, 6.45) is 17.9. The van der Waals surface area contributed by atoms with Crippen LogP contribution in [0.3, 0.4) is 0 Å². The summed E-state index contributed by atoms with van der Waals surface area (Å²) in [5.41, 5.74) is 0.845. The van der Waals surface area contributed by atoms with Crippen LogP contribution in [0, 0.1) is 11.8 Å². The lowest BCUT2D eigenvalue weighted by atomic mass is 9.89. The van der Waals surface area contributed by atoms with Crippen LogP contribution in [0.4, 0.5) is 0 Å². The van der Waals surface area contributed by atoms with E-state index in [2.05, 4.69) is 12.2 Å². The molecule has 9 nitrogen and oxygen atoms in total. The van der Waals surface area contributed by atoms with E-state index in [1.165, 1.54) is 13.8 Å². The molecule has 0 radical (unpaired) electrons. The van der Waals surface area contributed by atoms with Crippen LogP contribution in [-0.4, -0.2) is 70.7 Å². The van der Waals surface area contributed by atoms with Crippen LogP contribution in [-0.2, 0) is 23.9 Å². The zero-order valence-electron chi connectivity index (χ0n) is 25.9. The van der Waals surface area contributed by atoms with E-state index < -0.39 is 24.4 Å². The highest BCUT2D eigenvalue weighted by Crippen LogP contribution is 2.36. The second-order valence-corrected chi connectivity index (χ2v) is 11.0. The normalized spacial score (nSPS) is 22.6. The average Bonchev–Trinajstić information content (AvgIpc) is 3.18. The van der Waals surface area contributed by atoms with Gasteiger partial charge in [0.15, 0.2) is 0 Å². The molecule has 4 N–H and O–H groups in total. The molecule has 0 heterocycles. The zero-order chi connectivity index (χ0) is 31.3. The fourth-order valence-electron chi connectivity index (χ4n) is 5.03. The molecule has 1 rings (SSSR count). The number of rotatable bonds is 20. The number of esters is 2. The maximum atomic E-state index is 12.3. The Bertz CT molecular complexity index is 925. The summed E-state index contributed by atoms with van der Waals surface area (Å²) in [6.45, 7) is 7.09. The number of aliphatic hydroxyl groups excluding tert-OH is 3. The minimum absolute atomic E-state index is 0.0586. The Kier molecular flexibility index (Phi) is 19.4. The van der Waals surface area contributed by atoms with Crippen molar-refractivity contribution in [3.63, 3.8) is 0 Å². The summed E-state index contributed by atoms with van der Waals surface area (Å²) in [5, 5.41) is 33.9. The predicted octanol–water partition coefficient (Wildman–Crippen LogP) is 4.46. The Balaban J connectivity index is 2.44. The van der Waals surface area contributed by atoms with Crippen molar-refractivity contribution in [1.29, 1.82) is 0 Å². The molecular weight excluding hydrogens is 538 g/mol. The number of hydrogen-bond acceptors (Lipinski definition) is 8. The largest absolute Gasteiger partial charge is 0.462 e. The first kappa shape index (κ1) is 37.3. The van der Waals surface area contributed by atoms with Crippen molar-refractivity contribution in [2.45, 2.75) is 116 Å². The lowest BCUT2D eigenvalue weighted by molar-refractivity contribution is -0.143. The molecule has 42 heavy (non-hydrogen) atoms. The first-order valence-electron chi connectivity index (χ1n) is 15.3. The summed E-state index contributed by atoms with van der Waals surface area (Å²) < 4.78 is 10.1. The lowest BCUT2D eigenvalue weighted by Gasteiger charge is -2.19. The van der Waals surface area contributed by atoms with E-state index in [1.807, 2.05) is 18.2 Å². The molecule has 0 aromatic heterocycles. The van der Waals surface area contributed by atoms with Crippen LogP contribution < -0.4 is 5.32 Å². The van der Waals surface area contributed by atoms with Crippen LogP contribution >= 0.6 is 0 Å². The number of nitrogens with one attached hydrogen (secondary N) is 1. The van der Waals surface area contributed by atoms with Crippen molar-refractivity contribution >= 4 is 17.8 Å². The average molecular weight is 592 g/mol. The van der Waals surface area contributed by atoms with E-state index >= 15 is 0 Å². The zero-order valence-corrected chi connectivity index (χ0v) is 25.9. The third-order valence-corrected chi connectivity index (χ3v) is 7.18. The van der Waals surface area contributed by atoms with Crippen LogP contribution in [0.25, 0.3) is 0 Å². The molecule has 1 amide bonds. The van der Waals surface area contributed by atoms with Crippen molar-refractivity contribution in [2.24, 2.45) is 11.8 Å². The van der Waals surface area contributed by atoms with Crippen molar-refractivity contribution in [3.8, 4) is 0 Å². The molecular formula is C33H53NO8. The number of ether oxygens (including phenoxy) is 2. The van der Waals surface area contributed by atoms with Gasteiger partial charge in [0.2, 0.25) is 5.91 Å². The Labute approximate surface area is 251 Å². The molecule has 238 valence electrons. The summed E-state index contributed by atoms with van der Waals surface area (Å²) in [6, 6.07) is 0.